The van der Waals surface area contributed by atoms with Crippen molar-refractivity contribution in [1.29, 1.82) is 0 Å². The van der Waals surface area contributed by atoms with E-state index in [0.717, 1.165) is 40.6 Å². The summed E-state index contributed by atoms with van der Waals surface area (Å²) >= 11 is 0. The van der Waals surface area contributed by atoms with Gasteiger partial charge < -0.3 is 14.4 Å². The lowest BCUT2D eigenvalue weighted by Gasteiger charge is -2.39. The molecule has 0 radical (unpaired) electrons. The molecule has 1 aliphatic rings. The number of hydrogen-bond acceptors (Lipinski definition) is 5. The highest BCUT2D eigenvalue weighted by molar-refractivity contribution is 5.97. The molecule has 1 atom stereocenters. The fourth-order valence-corrected chi connectivity index (χ4v) is 3.57. The minimum Gasteiger partial charge on any atom is -0.497 e. The zero-order chi connectivity index (χ0) is 19.6. The van der Waals surface area contributed by atoms with Gasteiger partial charge in [-0.3, -0.25) is 14.7 Å². The Bertz CT molecular complexity index is 820. The van der Waals surface area contributed by atoms with E-state index in [4.69, 9.17) is 9.47 Å². The zero-order valence-corrected chi connectivity index (χ0v) is 16.7. The summed E-state index contributed by atoms with van der Waals surface area (Å²) in [4.78, 5) is 21.5. The maximum Gasteiger partial charge on any atom is 0.244 e. The minimum absolute atomic E-state index is 0.100. The fourth-order valence-electron chi connectivity index (χ4n) is 3.57. The molecule has 1 fully saturated rings. The third-order valence-electron chi connectivity index (χ3n) is 5.27. The normalized spacial score (nSPS) is 17.9. The van der Waals surface area contributed by atoms with Crippen molar-refractivity contribution in [3.63, 3.8) is 0 Å². The van der Waals surface area contributed by atoms with Gasteiger partial charge in [0.15, 0.2) is 0 Å². The van der Waals surface area contributed by atoms with Gasteiger partial charge in [0, 0.05) is 42.6 Å². The molecule has 1 saturated heterocycles. The molecule has 6 heteroatoms. The smallest absolute Gasteiger partial charge is 0.244 e. The van der Waals surface area contributed by atoms with Crippen LogP contribution in [0.15, 0.2) is 30.5 Å². The van der Waals surface area contributed by atoms with Gasteiger partial charge in [-0.15, -0.1) is 0 Å². The fraction of sp³-hybridized carbons (Fsp3) is 0.429. The largest absolute Gasteiger partial charge is 0.497 e. The average molecular weight is 369 g/mol. The molecule has 1 aromatic carbocycles. The highest BCUT2D eigenvalue weighted by Crippen LogP contribution is 2.27. The number of pyridine rings is 1. The third-order valence-corrected chi connectivity index (χ3v) is 5.27. The van der Waals surface area contributed by atoms with Crippen molar-refractivity contribution in [1.82, 2.24) is 9.88 Å². The molecule has 1 aliphatic heterocycles. The molecular formula is C21H27N3O3. The number of piperazine rings is 1. The first-order valence-corrected chi connectivity index (χ1v) is 9.14. The summed E-state index contributed by atoms with van der Waals surface area (Å²) in [7, 11) is 3.32. The number of aryl methyl sites for hydroxylation is 1. The molecule has 0 bridgehead atoms. The first-order chi connectivity index (χ1) is 13.0. The Kier molecular flexibility index (Phi) is 5.65. The number of aromatic nitrogens is 1. The molecule has 27 heavy (non-hydrogen) atoms. The van der Waals surface area contributed by atoms with Gasteiger partial charge in [0.1, 0.15) is 11.5 Å². The maximum absolute atomic E-state index is 13.0. The molecule has 0 spiro atoms. The molecule has 0 unspecified atom stereocenters. The van der Waals surface area contributed by atoms with Crippen LogP contribution in [-0.4, -0.2) is 49.1 Å². The Morgan fingerprint density at radius 2 is 1.81 bits per heavy atom. The first kappa shape index (κ1) is 19.2. The monoisotopic (exact) mass is 369 g/mol. The summed E-state index contributed by atoms with van der Waals surface area (Å²) in [6, 6.07) is 7.40. The van der Waals surface area contributed by atoms with Crippen molar-refractivity contribution in [3.8, 4) is 11.5 Å². The number of methoxy groups -OCH3 is 2. The van der Waals surface area contributed by atoms with Gasteiger partial charge in [0.05, 0.1) is 26.0 Å². The van der Waals surface area contributed by atoms with E-state index in [0.29, 0.717) is 13.1 Å². The Hall–Kier alpha value is -2.60. The number of rotatable bonds is 5. The number of amides is 1. The minimum atomic E-state index is -0.214. The highest BCUT2D eigenvalue weighted by Gasteiger charge is 2.32. The summed E-state index contributed by atoms with van der Waals surface area (Å²) in [5, 5.41) is 0. The molecular weight excluding hydrogens is 342 g/mol. The van der Waals surface area contributed by atoms with Gasteiger partial charge in [-0.2, -0.15) is 0 Å². The van der Waals surface area contributed by atoms with E-state index in [-0.39, 0.29) is 11.9 Å². The van der Waals surface area contributed by atoms with Gasteiger partial charge in [0.2, 0.25) is 5.91 Å². The second-order valence-electron chi connectivity index (χ2n) is 6.88. The quantitative estimate of drug-likeness (QED) is 0.811. The summed E-state index contributed by atoms with van der Waals surface area (Å²) in [6.45, 7) is 8.04. The summed E-state index contributed by atoms with van der Waals surface area (Å²) < 4.78 is 10.7. The predicted octanol–water partition coefficient (Wildman–Crippen LogP) is 2.95. The summed E-state index contributed by atoms with van der Waals surface area (Å²) in [5.41, 5.74) is 3.91. The van der Waals surface area contributed by atoms with E-state index in [2.05, 4.69) is 9.88 Å². The standard InChI is InChI=1S/C21H27N3O3/c1-14-12-22-19(15(2)20(14)27-5)13-23-10-11-24(21(25)16(23)3)17-6-8-18(26-4)9-7-17/h6-9,12,16H,10-11,13H2,1-5H3/t16-/m1/s1. The molecule has 1 amide bonds. The van der Waals surface area contributed by atoms with Crippen LogP contribution in [0.5, 0.6) is 11.5 Å². The van der Waals surface area contributed by atoms with E-state index in [1.165, 1.54) is 0 Å². The van der Waals surface area contributed by atoms with Crippen LogP contribution >= 0.6 is 0 Å². The average Bonchev–Trinajstić information content (AvgIpc) is 2.68. The number of carbonyl (C=O) groups excluding carboxylic acids is 1. The molecule has 3 rings (SSSR count). The number of benzene rings is 1. The van der Waals surface area contributed by atoms with Gasteiger partial charge in [-0.05, 0) is 45.0 Å². The third kappa shape index (κ3) is 3.76. The summed E-state index contributed by atoms with van der Waals surface area (Å²) in [6.07, 6.45) is 1.83. The second kappa shape index (κ2) is 7.96. The van der Waals surface area contributed by atoms with Crippen LogP contribution < -0.4 is 14.4 Å². The van der Waals surface area contributed by atoms with Gasteiger partial charge in [0.25, 0.3) is 0 Å². The van der Waals surface area contributed by atoms with E-state index in [1.54, 1.807) is 14.2 Å². The van der Waals surface area contributed by atoms with Crippen molar-refractivity contribution in [2.75, 3.05) is 32.2 Å². The van der Waals surface area contributed by atoms with Crippen LogP contribution in [-0.2, 0) is 11.3 Å². The van der Waals surface area contributed by atoms with Crippen molar-refractivity contribution < 1.29 is 14.3 Å². The SMILES string of the molecule is COc1ccc(N2CCN(Cc3ncc(C)c(OC)c3C)[C@H](C)C2=O)cc1. The lowest BCUT2D eigenvalue weighted by Crippen LogP contribution is -2.55. The lowest BCUT2D eigenvalue weighted by molar-refractivity contribution is -0.125. The Morgan fingerprint density at radius 3 is 2.44 bits per heavy atom. The highest BCUT2D eigenvalue weighted by atomic mass is 16.5. The molecule has 6 nitrogen and oxygen atoms in total. The van der Waals surface area contributed by atoms with Crippen LogP contribution in [0.2, 0.25) is 0 Å². The lowest BCUT2D eigenvalue weighted by atomic mass is 10.1. The molecule has 0 saturated carbocycles. The van der Waals surface area contributed by atoms with Crippen molar-refractivity contribution in [2.45, 2.75) is 33.4 Å². The van der Waals surface area contributed by atoms with Crippen LogP contribution in [0.4, 0.5) is 5.69 Å². The van der Waals surface area contributed by atoms with Crippen LogP contribution in [0.25, 0.3) is 0 Å². The van der Waals surface area contributed by atoms with Gasteiger partial charge in [-0.25, -0.2) is 0 Å². The van der Waals surface area contributed by atoms with E-state index in [9.17, 15) is 4.79 Å². The molecule has 144 valence electrons. The van der Waals surface area contributed by atoms with E-state index in [1.807, 2.05) is 56.1 Å². The number of nitrogens with zero attached hydrogens (tertiary/aromatic N) is 3. The van der Waals surface area contributed by atoms with Gasteiger partial charge >= 0.3 is 0 Å². The molecule has 2 heterocycles. The van der Waals surface area contributed by atoms with Crippen LogP contribution in [0.1, 0.15) is 23.7 Å². The van der Waals surface area contributed by atoms with E-state index < -0.39 is 0 Å². The summed E-state index contributed by atoms with van der Waals surface area (Å²) in [5.74, 6) is 1.76. The molecule has 0 N–H and O–H groups in total. The van der Waals surface area contributed by atoms with Crippen molar-refractivity contribution in [2.24, 2.45) is 0 Å². The molecule has 2 aromatic rings. The van der Waals surface area contributed by atoms with Gasteiger partial charge in [-0.1, -0.05) is 0 Å². The first-order valence-electron chi connectivity index (χ1n) is 9.14. The Morgan fingerprint density at radius 1 is 1.11 bits per heavy atom. The van der Waals surface area contributed by atoms with Crippen LogP contribution in [0, 0.1) is 13.8 Å². The number of ether oxygens (including phenoxy) is 2. The molecule has 0 aliphatic carbocycles. The topological polar surface area (TPSA) is 54.9 Å². The zero-order valence-electron chi connectivity index (χ0n) is 16.7. The Labute approximate surface area is 160 Å². The van der Waals surface area contributed by atoms with Crippen molar-refractivity contribution >= 4 is 11.6 Å². The predicted molar refractivity (Wildman–Crippen MR) is 105 cm³/mol. The molecule has 1 aromatic heterocycles. The Balaban J connectivity index is 1.75. The maximum atomic E-state index is 13.0. The van der Waals surface area contributed by atoms with E-state index >= 15 is 0 Å². The van der Waals surface area contributed by atoms with Crippen molar-refractivity contribution in [3.05, 3.63) is 47.3 Å². The van der Waals surface area contributed by atoms with Crippen LogP contribution in [0.3, 0.4) is 0 Å². The number of hydrogen-bond donors (Lipinski definition) is 0. The number of carbonyl (C=O) groups is 1. The second-order valence-corrected chi connectivity index (χ2v) is 6.88. The number of anilines is 1.